The lowest BCUT2D eigenvalue weighted by Crippen LogP contribution is -2.16. The predicted octanol–water partition coefficient (Wildman–Crippen LogP) is 1.63. The molecule has 2 saturated carbocycles. The Hall–Kier alpha value is -0.880. The summed E-state index contributed by atoms with van der Waals surface area (Å²) in [5.41, 5.74) is 0.359. The monoisotopic (exact) mass is 178 g/mol. The van der Waals surface area contributed by atoms with Crippen LogP contribution >= 0.6 is 0 Å². The van der Waals surface area contributed by atoms with Crippen molar-refractivity contribution in [1.29, 1.82) is 0 Å². The maximum atomic E-state index is 11.6. The zero-order valence-corrected chi connectivity index (χ0v) is 8.26. The van der Waals surface area contributed by atoms with E-state index in [1.54, 1.807) is 0 Å². The van der Waals surface area contributed by atoms with E-state index < -0.39 is 0 Å². The second kappa shape index (κ2) is 2.33. The molecular formula is C11H14O2. The molecule has 0 amide bonds. The second-order valence-corrected chi connectivity index (χ2v) is 4.64. The molecule has 13 heavy (non-hydrogen) atoms. The van der Waals surface area contributed by atoms with Crippen molar-refractivity contribution in [2.75, 3.05) is 0 Å². The first-order valence-corrected chi connectivity index (χ1v) is 4.85. The van der Waals surface area contributed by atoms with Gasteiger partial charge in [0.15, 0.2) is 5.78 Å². The van der Waals surface area contributed by atoms with Crippen molar-refractivity contribution in [3.63, 3.8) is 0 Å². The number of allylic oxidation sites excluding steroid dienone is 1. The van der Waals surface area contributed by atoms with Crippen molar-refractivity contribution < 1.29 is 9.59 Å². The van der Waals surface area contributed by atoms with Gasteiger partial charge in [-0.25, -0.2) is 4.79 Å². The molecule has 0 N–H and O–H groups in total. The van der Waals surface area contributed by atoms with Gasteiger partial charge in [-0.1, -0.05) is 20.8 Å². The van der Waals surface area contributed by atoms with Gasteiger partial charge in [0.2, 0.25) is 0 Å². The van der Waals surface area contributed by atoms with E-state index in [9.17, 15) is 9.59 Å². The number of fused-ring (bicyclic) bond motifs is 1. The van der Waals surface area contributed by atoms with Crippen LogP contribution in [0.4, 0.5) is 0 Å². The number of Topliss-reactive ketones (excluding diaryl/α,β-unsaturated/α-hetero) is 1. The molecule has 0 unspecified atom stereocenters. The Morgan fingerprint density at radius 2 is 2.15 bits per heavy atom. The molecule has 0 spiro atoms. The lowest BCUT2D eigenvalue weighted by molar-refractivity contribution is -0.118. The summed E-state index contributed by atoms with van der Waals surface area (Å²) in [5.74, 6) is 2.79. The summed E-state index contributed by atoms with van der Waals surface area (Å²) >= 11 is 0. The Morgan fingerprint density at radius 3 is 2.54 bits per heavy atom. The largest absolute Gasteiger partial charge is 0.293 e. The molecule has 2 aliphatic rings. The lowest BCUT2D eigenvalue weighted by atomic mass is 9.86. The highest BCUT2D eigenvalue weighted by Gasteiger charge is 2.69. The van der Waals surface area contributed by atoms with Gasteiger partial charge in [0.05, 0.1) is 5.57 Å². The van der Waals surface area contributed by atoms with Crippen molar-refractivity contribution in [2.45, 2.75) is 27.2 Å². The fraction of sp³-hybridized carbons (Fsp3) is 0.727. The van der Waals surface area contributed by atoms with E-state index in [2.05, 4.69) is 13.8 Å². The number of rotatable bonds is 1. The minimum Gasteiger partial charge on any atom is -0.293 e. The number of hydrogen-bond acceptors (Lipinski definition) is 2. The summed E-state index contributed by atoms with van der Waals surface area (Å²) in [6.45, 7) is 6.10. The Bertz CT molecular complexity index is 323. The molecule has 2 rings (SSSR count). The third-order valence-corrected chi connectivity index (χ3v) is 3.92. The van der Waals surface area contributed by atoms with Gasteiger partial charge in [-0.2, -0.15) is 0 Å². The topological polar surface area (TPSA) is 34.1 Å². The molecule has 0 bridgehead atoms. The standard InChI is InChI=1S/C11H14O2/c1-6(2)11-4-8(11)7(3)10(13)9(11)5-12/h6-8H,4H2,1-3H3/t7-,8-,11+/m1/s1. The molecular weight excluding hydrogens is 164 g/mol. The van der Waals surface area contributed by atoms with Crippen molar-refractivity contribution >= 4 is 11.7 Å². The Kier molecular flexibility index (Phi) is 1.56. The first-order valence-electron chi connectivity index (χ1n) is 4.85. The zero-order valence-electron chi connectivity index (χ0n) is 8.26. The highest BCUT2D eigenvalue weighted by atomic mass is 16.1. The van der Waals surface area contributed by atoms with Crippen LogP contribution in [0.2, 0.25) is 0 Å². The first kappa shape index (κ1) is 8.71. The van der Waals surface area contributed by atoms with E-state index >= 15 is 0 Å². The zero-order chi connectivity index (χ0) is 9.80. The molecule has 2 heteroatoms. The van der Waals surface area contributed by atoms with E-state index in [0.29, 0.717) is 17.4 Å². The summed E-state index contributed by atoms with van der Waals surface area (Å²) in [4.78, 5) is 22.3. The second-order valence-electron chi connectivity index (χ2n) is 4.64. The SMILES string of the molecule is CC(C)[C@@]12C[C@@H]1[C@@H](C)C(=O)C2=C=O. The summed E-state index contributed by atoms with van der Waals surface area (Å²) in [7, 11) is 0. The maximum Gasteiger partial charge on any atom is 0.173 e. The Balaban J connectivity index is 2.47. The van der Waals surface area contributed by atoms with Crippen LogP contribution in [0.3, 0.4) is 0 Å². The van der Waals surface area contributed by atoms with Crippen LogP contribution < -0.4 is 0 Å². The summed E-state index contributed by atoms with van der Waals surface area (Å²) in [6, 6.07) is 0. The Labute approximate surface area is 78.0 Å². The fourth-order valence-corrected chi connectivity index (χ4v) is 2.95. The quantitative estimate of drug-likeness (QED) is 0.451. The Morgan fingerprint density at radius 1 is 1.54 bits per heavy atom. The molecule has 0 saturated heterocycles. The smallest absolute Gasteiger partial charge is 0.173 e. The molecule has 0 aromatic carbocycles. The number of carbonyl (C=O) groups excluding carboxylic acids is 2. The van der Waals surface area contributed by atoms with Crippen molar-refractivity contribution in [3.05, 3.63) is 5.57 Å². The van der Waals surface area contributed by atoms with E-state index in [1.165, 1.54) is 0 Å². The third-order valence-electron chi connectivity index (χ3n) is 3.92. The van der Waals surface area contributed by atoms with Gasteiger partial charge in [0.1, 0.15) is 5.94 Å². The minimum absolute atomic E-state index is 0.0416. The molecule has 0 radical (unpaired) electrons. The van der Waals surface area contributed by atoms with E-state index in [1.807, 2.05) is 12.9 Å². The van der Waals surface area contributed by atoms with Gasteiger partial charge >= 0.3 is 0 Å². The molecule has 3 atom stereocenters. The molecule has 0 aromatic rings. The predicted molar refractivity (Wildman–Crippen MR) is 48.8 cm³/mol. The molecule has 2 aliphatic carbocycles. The van der Waals surface area contributed by atoms with E-state index in [-0.39, 0.29) is 17.1 Å². The van der Waals surface area contributed by atoms with Crippen LogP contribution in [0.15, 0.2) is 5.57 Å². The van der Waals surface area contributed by atoms with Gasteiger partial charge in [0.25, 0.3) is 0 Å². The minimum atomic E-state index is -0.0851. The van der Waals surface area contributed by atoms with Crippen LogP contribution in [0.25, 0.3) is 0 Å². The molecule has 0 aliphatic heterocycles. The van der Waals surface area contributed by atoms with Crippen molar-refractivity contribution in [2.24, 2.45) is 23.2 Å². The van der Waals surface area contributed by atoms with Gasteiger partial charge in [-0.15, -0.1) is 0 Å². The van der Waals surface area contributed by atoms with Crippen LogP contribution in [0.1, 0.15) is 27.2 Å². The van der Waals surface area contributed by atoms with Crippen LogP contribution in [-0.4, -0.2) is 11.7 Å². The van der Waals surface area contributed by atoms with Gasteiger partial charge in [0, 0.05) is 11.3 Å². The number of hydrogen-bond donors (Lipinski definition) is 0. The fourth-order valence-electron chi connectivity index (χ4n) is 2.95. The van der Waals surface area contributed by atoms with Crippen LogP contribution in [0.5, 0.6) is 0 Å². The van der Waals surface area contributed by atoms with E-state index in [4.69, 9.17) is 0 Å². The molecule has 0 aromatic heterocycles. The van der Waals surface area contributed by atoms with E-state index in [0.717, 1.165) is 6.42 Å². The summed E-state index contributed by atoms with van der Waals surface area (Å²) in [6.07, 6.45) is 1.02. The first-order chi connectivity index (χ1) is 6.05. The summed E-state index contributed by atoms with van der Waals surface area (Å²) < 4.78 is 0. The highest BCUT2D eigenvalue weighted by molar-refractivity contribution is 6.09. The lowest BCUT2D eigenvalue weighted by Gasteiger charge is -2.15. The maximum absolute atomic E-state index is 11.6. The van der Waals surface area contributed by atoms with Gasteiger partial charge in [-0.05, 0) is 18.3 Å². The average molecular weight is 178 g/mol. The molecule has 2 nitrogen and oxygen atoms in total. The molecule has 0 heterocycles. The average Bonchev–Trinajstić information content (AvgIpc) is 2.76. The van der Waals surface area contributed by atoms with Crippen LogP contribution in [0, 0.1) is 23.2 Å². The van der Waals surface area contributed by atoms with Gasteiger partial charge < -0.3 is 0 Å². The number of ketones is 1. The van der Waals surface area contributed by atoms with Crippen molar-refractivity contribution in [1.82, 2.24) is 0 Å². The summed E-state index contributed by atoms with van der Waals surface area (Å²) in [5, 5.41) is 0. The van der Waals surface area contributed by atoms with Gasteiger partial charge in [-0.3, -0.25) is 4.79 Å². The number of carbonyl (C=O) groups is 1. The molecule has 2 fully saturated rings. The van der Waals surface area contributed by atoms with Crippen LogP contribution in [-0.2, 0) is 9.59 Å². The normalized spacial score (nSPS) is 42.2. The highest BCUT2D eigenvalue weighted by Crippen LogP contribution is 2.70. The van der Waals surface area contributed by atoms with Crippen molar-refractivity contribution in [3.8, 4) is 0 Å². The third kappa shape index (κ3) is 0.794. The molecule has 70 valence electrons.